The fraction of sp³-hybridized carbons (Fsp3) is 0.600. The average molecular weight is 300 g/mol. The first-order valence-corrected chi connectivity index (χ1v) is 8.38. The van der Waals surface area contributed by atoms with Gasteiger partial charge in [0.2, 0.25) is 0 Å². The van der Waals surface area contributed by atoms with Gasteiger partial charge in [-0.15, -0.1) is 0 Å². The molecule has 1 unspecified atom stereocenters. The number of hydrogen-bond donors (Lipinski definition) is 1. The van der Waals surface area contributed by atoms with Crippen LogP contribution in [0.5, 0.6) is 0 Å². The maximum Gasteiger partial charge on any atom is 0.0485 e. The normalized spacial score (nSPS) is 18.3. The Kier molecular flexibility index (Phi) is 5.86. The van der Waals surface area contributed by atoms with Crippen molar-refractivity contribution < 1.29 is 4.74 Å². The summed E-state index contributed by atoms with van der Waals surface area (Å²) in [5.41, 5.74) is 2.44. The number of anilines is 1. The zero-order valence-corrected chi connectivity index (χ0v) is 13.2. The van der Waals surface area contributed by atoms with E-state index in [0.29, 0.717) is 11.3 Å². The Bertz CT molecular complexity index is 407. The van der Waals surface area contributed by atoms with Crippen LogP contribution in [0.2, 0.25) is 5.02 Å². The van der Waals surface area contributed by atoms with Crippen LogP contribution in [-0.4, -0.2) is 25.0 Å². The van der Waals surface area contributed by atoms with Gasteiger partial charge in [0.1, 0.15) is 0 Å². The first-order valence-electron chi connectivity index (χ1n) is 6.95. The lowest BCUT2D eigenvalue weighted by atomic mass is 10.1. The molecule has 0 bridgehead atoms. The number of ether oxygens (including phenoxy) is 1. The van der Waals surface area contributed by atoms with E-state index in [1.165, 1.54) is 5.56 Å². The zero-order chi connectivity index (χ0) is 13.7. The first kappa shape index (κ1) is 15.0. The fourth-order valence-corrected chi connectivity index (χ4v) is 3.43. The van der Waals surface area contributed by atoms with Crippen LogP contribution in [0.15, 0.2) is 18.2 Å². The van der Waals surface area contributed by atoms with Crippen LogP contribution in [0.3, 0.4) is 0 Å². The molecule has 1 aromatic carbocycles. The van der Waals surface area contributed by atoms with E-state index >= 15 is 0 Å². The topological polar surface area (TPSA) is 21.3 Å². The van der Waals surface area contributed by atoms with Crippen LogP contribution >= 0.6 is 23.4 Å². The van der Waals surface area contributed by atoms with E-state index in [4.69, 9.17) is 16.3 Å². The van der Waals surface area contributed by atoms with Gasteiger partial charge in [-0.05, 0) is 49.3 Å². The van der Waals surface area contributed by atoms with Crippen LogP contribution in [0.25, 0.3) is 0 Å². The van der Waals surface area contributed by atoms with Gasteiger partial charge in [0.15, 0.2) is 0 Å². The Hall–Kier alpha value is -0.380. The van der Waals surface area contributed by atoms with Gasteiger partial charge in [0, 0.05) is 35.2 Å². The molecule has 0 saturated carbocycles. The smallest absolute Gasteiger partial charge is 0.0485 e. The minimum atomic E-state index is 0.485. The quantitative estimate of drug-likeness (QED) is 0.848. The number of thioether (sulfide) groups is 1. The summed E-state index contributed by atoms with van der Waals surface area (Å²) in [5.74, 6) is 1.12. The minimum absolute atomic E-state index is 0.485. The molecule has 0 radical (unpaired) electrons. The van der Waals surface area contributed by atoms with Gasteiger partial charge in [-0.2, -0.15) is 11.8 Å². The number of rotatable bonds is 5. The molecule has 0 aromatic heterocycles. The van der Waals surface area contributed by atoms with E-state index in [1.807, 2.05) is 17.8 Å². The molecule has 0 spiro atoms. The van der Waals surface area contributed by atoms with E-state index in [2.05, 4.69) is 31.3 Å². The van der Waals surface area contributed by atoms with Gasteiger partial charge in [-0.1, -0.05) is 18.5 Å². The van der Waals surface area contributed by atoms with E-state index in [1.54, 1.807) is 0 Å². The van der Waals surface area contributed by atoms with Crippen molar-refractivity contribution in [3.05, 3.63) is 28.8 Å². The highest BCUT2D eigenvalue weighted by Gasteiger charge is 2.14. The summed E-state index contributed by atoms with van der Waals surface area (Å²) in [7, 11) is 0. The molecule has 1 saturated heterocycles. The van der Waals surface area contributed by atoms with Crippen LogP contribution in [0, 0.1) is 0 Å². The predicted octanol–water partition coefficient (Wildman–Crippen LogP) is 4.75. The van der Waals surface area contributed by atoms with Gasteiger partial charge in [0.05, 0.1) is 0 Å². The van der Waals surface area contributed by atoms with E-state index in [0.717, 1.165) is 42.5 Å². The Morgan fingerprint density at radius 1 is 1.37 bits per heavy atom. The van der Waals surface area contributed by atoms with E-state index in [-0.39, 0.29) is 0 Å². The third kappa shape index (κ3) is 4.59. The summed E-state index contributed by atoms with van der Waals surface area (Å²) in [4.78, 5) is 0. The molecule has 2 rings (SSSR count). The SMILES string of the molecule is CCSC(C)c1cc(Cl)cc(NC2CCOCC2)c1. The molecule has 106 valence electrons. The highest BCUT2D eigenvalue weighted by atomic mass is 35.5. The van der Waals surface area contributed by atoms with Gasteiger partial charge >= 0.3 is 0 Å². The van der Waals surface area contributed by atoms with Crippen LogP contribution in [0.4, 0.5) is 5.69 Å². The second kappa shape index (κ2) is 7.41. The molecule has 1 atom stereocenters. The largest absolute Gasteiger partial charge is 0.382 e. The molecule has 0 amide bonds. The number of benzene rings is 1. The van der Waals surface area contributed by atoms with Crippen molar-refractivity contribution in [1.29, 1.82) is 0 Å². The molecular formula is C15H22ClNOS. The fourth-order valence-electron chi connectivity index (χ4n) is 2.35. The molecule has 2 nitrogen and oxygen atoms in total. The Balaban J connectivity index is 2.07. The Labute approximate surface area is 125 Å². The van der Waals surface area contributed by atoms with Crippen LogP contribution in [-0.2, 0) is 4.74 Å². The highest BCUT2D eigenvalue weighted by Crippen LogP contribution is 2.32. The molecule has 1 fully saturated rings. The van der Waals surface area contributed by atoms with Crippen molar-refractivity contribution in [1.82, 2.24) is 0 Å². The van der Waals surface area contributed by atoms with Gasteiger partial charge in [0.25, 0.3) is 0 Å². The van der Waals surface area contributed by atoms with Crippen molar-refractivity contribution in [2.45, 2.75) is 38.0 Å². The lowest BCUT2D eigenvalue weighted by molar-refractivity contribution is 0.0904. The van der Waals surface area contributed by atoms with Gasteiger partial charge < -0.3 is 10.1 Å². The summed E-state index contributed by atoms with van der Waals surface area (Å²) in [6.07, 6.45) is 2.14. The first-order chi connectivity index (χ1) is 9.19. The lowest BCUT2D eigenvalue weighted by Crippen LogP contribution is -2.27. The third-order valence-corrected chi connectivity index (χ3v) is 4.72. The third-order valence-electron chi connectivity index (χ3n) is 3.40. The van der Waals surface area contributed by atoms with Gasteiger partial charge in [-0.3, -0.25) is 0 Å². The standard InChI is InChI=1S/C15H22ClNOS/c1-3-19-11(2)12-8-13(16)10-15(9-12)17-14-4-6-18-7-5-14/h8-11,14,17H,3-7H2,1-2H3. The van der Waals surface area contributed by atoms with Crippen LogP contribution in [0.1, 0.15) is 37.5 Å². The Morgan fingerprint density at radius 3 is 2.79 bits per heavy atom. The number of halogens is 1. The zero-order valence-electron chi connectivity index (χ0n) is 11.6. The maximum absolute atomic E-state index is 6.24. The van der Waals surface area contributed by atoms with Crippen LogP contribution < -0.4 is 5.32 Å². The number of hydrogen-bond acceptors (Lipinski definition) is 3. The molecule has 19 heavy (non-hydrogen) atoms. The van der Waals surface area contributed by atoms with Crippen molar-refractivity contribution >= 4 is 29.1 Å². The molecule has 1 aromatic rings. The predicted molar refractivity (Wildman–Crippen MR) is 85.5 cm³/mol. The summed E-state index contributed by atoms with van der Waals surface area (Å²) in [5, 5.41) is 4.89. The minimum Gasteiger partial charge on any atom is -0.382 e. The molecule has 0 aliphatic carbocycles. The second-order valence-corrected chi connectivity index (χ2v) is 6.96. The van der Waals surface area contributed by atoms with Crippen molar-refractivity contribution in [2.75, 3.05) is 24.3 Å². The molecule has 4 heteroatoms. The molecular weight excluding hydrogens is 278 g/mol. The monoisotopic (exact) mass is 299 g/mol. The van der Waals surface area contributed by atoms with Crippen molar-refractivity contribution in [3.8, 4) is 0 Å². The molecule has 1 N–H and O–H groups in total. The molecule has 1 aliphatic rings. The maximum atomic E-state index is 6.24. The highest BCUT2D eigenvalue weighted by molar-refractivity contribution is 7.99. The average Bonchev–Trinajstić information content (AvgIpc) is 2.39. The van der Waals surface area contributed by atoms with Crippen molar-refractivity contribution in [3.63, 3.8) is 0 Å². The number of nitrogens with one attached hydrogen (secondary N) is 1. The lowest BCUT2D eigenvalue weighted by Gasteiger charge is -2.25. The second-order valence-electron chi connectivity index (χ2n) is 4.90. The summed E-state index contributed by atoms with van der Waals surface area (Å²) < 4.78 is 5.39. The molecule has 1 heterocycles. The van der Waals surface area contributed by atoms with E-state index < -0.39 is 0 Å². The summed E-state index contributed by atoms with van der Waals surface area (Å²) in [6.45, 7) is 6.13. The Morgan fingerprint density at radius 2 is 2.11 bits per heavy atom. The van der Waals surface area contributed by atoms with E-state index in [9.17, 15) is 0 Å². The molecule has 1 aliphatic heterocycles. The summed E-state index contributed by atoms with van der Waals surface area (Å²) in [6, 6.07) is 6.83. The van der Waals surface area contributed by atoms with Crippen molar-refractivity contribution in [2.24, 2.45) is 0 Å². The summed E-state index contributed by atoms with van der Waals surface area (Å²) >= 11 is 8.18. The van der Waals surface area contributed by atoms with Gasteiger partial charge in [-0.25, -0.2) is 0 Å².